The molecule has 2 nitrogen and oxygen atoms in total. The van der Waals surface area contributed by atoms with Crippen LogP contribution in [0.15, 0.2) is 48.6 Å². The highest BCUT2D eigenvalue weighted by Gasteiger charge is 2.59. The van der Waals surface area contributed by atoms with Crippen LogP contribution in [0.2, 0.25) is 0 Å². The van der Waals surface area contributed by atoms with Crippen molar-refractivity contribution < 1.29 is 5.11 Å². The number of anilines is 1. The molecular formula is C35H57NO. The Morgan fingerprint density at radius 3 is 2.14 bits per heavy atom. The summed E-state index contributed by atoms with van der Waals surface area (Å²) >= 11 is 0. The SMILES string of the molecule is C#CC.C=C(C)CCC(C)(C(=C)C)C1C(c2ccc(N(C)C)cc2)CC2(C)C(O)CCC2C1CC.CC. The summed E-state index contributed by atoms with van der Waals surface area (Å²) in [6.07, 6.45) is 10.9. The first-order valence-electron chi connectivity index (χ1n) is 14.5. The Hall–Kier alpha value is -1.98. The van der Waals surface area contributed by atoms with Crippen LogP contribution >= 0.6 is 0 Å². The Morgan fingerprint density at radius 1 is 1.16 bits per heavy atom. The van der Waals surface area contributed by atoms with Crippen LogP contribution in [0.25, 0.3) is 0 Å². The number of hydrogen-bond donors (Lipinski definition) is 1. The van der Waals surface area contributed by atoms with Crippen molar-refractivity contribution in [1.29, 1.82) is 0 Å². The number of allylic oxidation sites excluding steroid dienone is 2. The predicted octanol–water partition coefficient (Wildman–Crippen LogP) is 9.26. The zero-order valence-electron chi connectivity index (χ0n) is 25.8. The molecule has 0 saturated heterocycles. The Kier molecular flexibility index (Phi) is 12.7. The smallest absolute Gasteiger partial charge is 0.0596 e. The summed E-state index contributed by atoms with van der Waals surface area (Å²) in [6.45, 7) is 26.0. The second-order valence-electron chi connectivity index (χ2n) is 12.0. The first-order chi connectivity index (χ1) is 17.4. The molecule has 0 amide bonds. The summed E-state index contributed by atoms with van der Waals surface area (Å²) < 4.78 is 0. The Bertz CT molecular complexity index is 906. The molecule has 7 atom stereocenters. The monoisotopic (exact) mass is 507 g/mol. The molecule has 1 aromatic carbocycles. The number of rotatable bonds is 8. The van der Waals surface area contributed by atoms with Gasteiger partial charge in [-0.15, -0.1) is 18.9 Å². The number of benzene rings is 1. The average Bonchev–Trinajstić information content (AvgIpc) is 3.16. The third-order valence-electron chi connectivity index (χ3n) is 9.52. The lowest BCUT2D eigenvalue weighted by molar-refractivity contribution is -0.0734. The maximum Gasteiger partial charge on any atom is 0.0596 e. The topological polar surface area (TPSA) is 23.5 Å². The Morgan fingerprint density at radius 2 is 1.70 bits per heavy atom. The van der Waals surface area contributed by atoms with Crippen molar-refractivity contribution in [3.05, 3.63) is 54.1 Å². The molecule has 1 aromatic rings. The highest BCUT2D eigenvalue weighted by molar-refractivity contribution is 5.47. The highest BCUT2D eigenvalue weighted by Crippen LogP contribution is 2.65. The summed E-state index contributed by atoms with van der Waals surface area (Å²) in [5.41, 5.74) is 5.29. The Labute approximate surface area is 230 Å². The number of aliphatic hydroxyl groups is 1. The van der Waals surface area contributed by atoms with Gasteiger partial charge in [0.25, 0.3) is 0 Å². The van der Waals surface area contributed by atoms with Crippen LogP contribution in [-0.2, 0) is 0 Å². The average molecular weight is 508 g/mol. The molecule has 0 spiro atoms. The van der Waals surface area contributed by atoms with Gasteiger partial charge in [0.2, 0.25) is 0 Å². The lowest BCUT2D eigenvalue weighted by Gasteiger charge is -2.57. The quantitative estimate of drug-likeness (QED) is 0.280. The normalized spacial score (nSPS) is 29.7. The number of terminal acetylenes is 1. The molecular weight excluding hydrogens is 450 g/mol. The van der Waals surface area contributed by atoms with Gasteiger partial charge in [0.1, 0.15) is 0 Å². The van der Waals surface area contributed by atoms with Gasteiger partial charge in [0.15, 0.2) is 0 Å². The van der Waals surface area contributed by atoms with Crippen molar-refractivity contribution in [2.24, 2.45) is 28.6 Å². The van der Waals surface area contributed by atoms with Crippen LogP contribution in [-0.4, -0.2) is 25.3 Å². The van der Waals surface area contributed by atoms with Gasteiger partial charge in [0, 0.05) is 19.8 Å². The Balaban J connectivity index is 0.00000127. The van der Waals surface area contributed by atoms with Crippen molar-refractivity contribution in [2.45, 2.75) is 106 Å². The van der Waals surface area contributed by atoms with Crippen molar-refractivity contribution in [3.8, 4) is 12.3 Å². The van der Waals surface area contributed by atoms with E-state index in [0.717, 1.165) is 32.1 Å². The van der Waals surface area contributed by atoms with Gasteiger partial charge >= 0.3 is 0 Å². The van der Waals surface area contributed by atoms with E-state index in [4.69, 9.17) is 0 Å². The molecule has 2 fully saturated rings. The lowest BCUT2D eigenvalue weighted by Crippen LogP contribution is -2.51. The molecule has 0 radical (unpaired) electrons. The van der Waals surface area contributed by atoms with Crippen LogP contribution in [0, 0.1) is 40.9 Å². The number of nitrogens with zero attached hydrogens (tertiary/aromatic N) is 1. The third kappa shape index (κ3) is 7.11. The minimum Gasteiger partial charge on any atom is -0.393 e. The van der Waals surface area contributed by atoms with Crippen molar-refractivity contribution >= 4 is 5.69 Å². The van der Waals surface area contributed by atoms with E-state index in [2.05, 4.69) is 103 Å². The number of hydrogen-bond acceptors (Lipinski definition) is 2. The van der Waals surface area contributed by atoms with Gasteiger partial charge in [-0.1, -0.05) is 70.9 Å². The molecule has 208 valence electrons. The van der Waals surface area contributed by atoms with Gasteiger partial charge in [-0.2, -0.15) is 0 Å². The molecule has 1 N–H and O–H groups in total. The highest BCUT2D eigenvalue weighted by atomic mass is 16.3. The summed E-state index contributed by atoms with van der Waals surface area (Å²) in [5, 5.41) is 11.1. The van der Waals surface area contributed by atoms with E-state index in [9.17, 15) is 5.11 Å². The summed E-state index contributed by atoms with van der Waals surface area (Å²) in [4.78, 5) is 2.17. The first-order valence-corrected chi connectivity index (χ1v) is 14.5. The zero-order valence-corrected chi connectivity index (χ0v) is 25.8. The molecule has 2 saturated carbocycles. The second kappa shape index (κ2) is 14.2. The van der Waals surface area contributed by atoms with E-state index in [1.54, 1.807) is 6.92 Å². The van der Waals surface area contributed by atoms with Gasteiger partial charge in [-0.25, -0.2) is 0 Å². The minimum atomic E-state index is -0.183. The van der Waals surface area contributed by atoms with Crippen LogP contribution < -0.4 is 4.90 Å². The number of fused-ring (bicyclic) bond motifs is 1. The van der Waals surface area contributed by atoms with Crippen LogP contribution in [0.4, 0.5) is 5.69 Å². The van der Waals surface area contributed by atoms with Gasteiger partial charge in [-0.3, -0.25) is 0 Å². The van der Waals surface area contributed by atoms with E-state index in [0.29, 0.717) is 23.7 Å². The van der Waals surface area contributed by atoms with Crippen LogP contribution in [0.5, 0.6) is 0 Å². The molecule has 2 aliphatic carbocycles. The van der Waals surface area contributed by atoms with E-state index in [1.165, 1.54) is 28.8 Å². The van der Waals surface area contributed by atoms with Crippen LogP contribution in [0.3, 0.4) is 0 Å². The van der Waals surface area contributed by atoms with E-state index in [-0.39, 0.29) is 16.9 Å². The van der Waals surface area contributed by atoms with Gasteiger partial charge in [-0.05, 0) is 105 Å². The predicted molar refractivity (Wildman–Crippen MR) is 165 cm³/mol. The van der Waals surface area contributed by atoms with E-state index in [1.807, 2.05) is 13.8 Å². The van der Waals surface area contributed by atoms with Crippen LogP contribution in [0.1, 0.15) is 105 Å². The van der Waals surface area contributed by atoms with Crippen molar-refractivity contribution in [1.82, 2.24) is 0 Å². The molecule has 3 rings (SSSR count). The maximum atomic E-state index is 11.1. The zero-order chi connectivity index (χ0) is 28.6. The molecule has 37 heavy (non-hydrogen) atoms. The molecule has 2 heteroatoms. The molecule has 7 unspecified atom stereocenters. The van der Waals surface area contributed by atoms with E-state index < -0.39 is 0 Å². The molecule has 0 heterocycles. The third-order valence-corrected chi connectivity index (χ3v) is 9.52. The minimum absolute atomic E-state index is 0.00635. The van der Waals surface area contributed by atoms with Gasteiger partial charge in [0.05, 0.1) is 6.10 Å². The molecule has 0 aromatic heterocycles. The standard InChI is InChI=1S/C30H47NO.C3H4.C2H6/c1-10-24-26-15-16-27(32)30(26,7)19-25(22-11-13-23(14-12-22)31(8)9)28(24)29(6,21(4)5)18-17-20(2)3;1-3-2;1-2/h11-14,24-28,32H,2,4,10,15-19H2,1,3,5-9H3;1H,2H3;1-2H3. The fourth-order valence-corrected chi connectivity index (χ4v) is 7.32. The maximum absolute atomic E-state index is 11.1. The lowest BCUT2D eigenvalue weighted by atomic mass is 9.47. The fourth-order valence-electron chi connectivity index (χ4n) is 7.32. The summed E-state index contributed by atoms with van der Waals surface area (Å²) in [5.74, 6) is 4.39. The first kappa shape index (κ1) is 33.0. The number of aliphatic hydroxyl groups excluding tert-OH is 1. The summed E-state index contributed by atoms with van der Waals surface area (Å²) in [6, 6.07) is 9.22. The second-order valence-corrected chi connectivity index (χ2v) is 12.0. The van der Waals surface area contributed by atoms with Crippen molar-refractivity contribution in [3.63, 3.8) is 0 Å². The fraction of sp³-hybridized carbons (Fsp3) is 0.657. The summed E-state index contributed by atoms with van der Waals surface area (Å²) in [7, 11) is 4.20. The van der Waals surface area contributed by atoms with Crippen molar-refractivity contribution in [2.75, 3.05) is 19.0 Å². The van der Waals surface area contributed by atoms with Gasteiger partial charge < -0.3 is 10.0 Å². The largest absolute Gasteiger partial charge is 0.393 e. The molecule has 2 aliphatic rings. The van der Waals surface area contributed by atoms with E-state index >= 15 is 0 Å². The molecule has 0 bridgehead atoms. The molecule has 0 aliphatic heterocycles.